The summed E-state index contributed by atoms with van der Waals surface area (Å²) in [4.78, 5) is 34.1. The van der Waals surface area contributed by atoms with Crippen LogP contribution in [0, 0.1) is 12.3 Å². The fraction of sp³-hybridized carbons (Fsp3) is 0.182. The number of thioether (sulfide) groups is 1. The summed E-state index contributed by atoms with van der Waals surface area (Å²) in [6.07, 6.45) is 9.04. The van der Waals surface area contributed by atoms with E-state index < -0.39 is 12.0 Å². The number of fused-ring (bicyclic) bond motifs is 1. The molecule has 0 radical (unpaired) electrons. The molecule has 0 fully saturated rings. The van der Waals surface area contributed by atoms with Crippen molar-refractivity contribution in [2.75, 3.05) is 26.6 Å². The lowest BCUT2D eigenvalue weighted by Gasteiger charge is -2.26. The summed E-state index contributed by atoms with van der Waals surface area (Å²) in [6, 6.07) is 19.9. The summed E-state index contributed by atoms with van der Waals surface area (Å²) in [5, 5.41) is 0.288. The van der Waals surface area contributed by atoms with Crippen LogP contribution in [0.15, 0.2) is 87.0 Å². The molecule has 1 aromatic heterocycles. The molecular weight excluding hydrogens is 604 g/mol. The molecule has 218 valence electrons. The lowest BCUT2D eigenvalue weighted by Crippen LogP contribution is -2.40. The van der Waals surface area contributed by atoms with Gasteiger partial charge in [-0.3, -0.25) is 9.36 Å². The van der Waals surface area contributed by atoms with E-state index in [4.69, 9.17) is 37.2 Å². The highest BCUT2D eigenvalue weighted by Crippen LogP contribution is 2.37. The monoisotopic (exact) mass is 630 g/mol. The molecule has 5 rings (SSSR count). The Bertz CT molecular complexity index is 1920. The summed E-state index contributed by atoms with van der Waals surface area (Å²) < 4.78 is 18.5. The zero-order valence-corrected chi connectivity index (χ0v) is 26.0. The number of ether oxygens (including phenoxy) is 3. The maximum atomic E-state index is 14.1. The number of nitrogens with zero attached hydrogens (tertiary/aromatic N) is 2. The Kier molecular flexibility index (Phi) is 9.41. The van der Waals surface area contributed by atoms with E-state index in [-0.39, 0.29) is 23.8 Å². The average molecular weight is 631 g/mol. The molecule has 0 amide bonds. The maximum absolute atomic E-state index is 14.1. The number of carbonyl (C=O) groups is 1. The van der Waals surface area contributed by atoms with Crippen LogP contribution in [0.3, 0.4) is 0 Å². The highest BCUT2D eigenvalue weighted by molar-refractivity contribution is 7.98. The molecule has 0 aliphatic carbocycles. The fourth-order valence-electron chi connectivity index (χ4n) is 4.77. The maximum Gasteiger partial charge on any atom is 0.338 e. The van der Waals surface area contributed by atoms with Crippen molar-refractivity contribution in [3.8, 4) is 23.8 Å². The second-order valence-corrected chi connectivity index (χ2v) is 11.5. The highest BCUT2D eigenvalue weighted by Gasteiger charge is 2.35. The normalized spacial score (nSPS) is 14.5. The Morgan fingerprint density at radius 2 is 1.93 bits per heavy atom. The van der Waals surface area contributed by atoms with Gasteiger partial charge in [0.05, 0.1) is 40.6 Å². The van der Waals surface area contributed by atoms with Crippen molar-refractivity contribution >= 4 is 52.4 Å². The third-order valence-corrected chi connectivity index (χ3v) is 8.66. The summed E-state index contributed by atoms with van der Waals surface area (Å²) in [5.41, 5.74) is 2.58. The minimum Gasteiger partial charge on any atom is -0.493 e. The van der Waals surface area contributed by atoms with Crippen LogP contribution < -0.4 is 24.4 Å². The molecule has 1 atom stereocenters. The summed E-state index contributed by atoms with van der Waals surface area (Å²) >= 11 is 9.33. The number of carbonyl (C=O) groups excluding carboxylic acids is 1. The van der Waals surface area contributed by atoms with E-state index in [1.807, 2.05) is 60.9 Å². The molecule has 43 heavy (non-hydrogen) atoms. The lowest BCUT2D eigenvalue weighted by molar-refractivity contribution is -0.138. The van der Waals surface area contributed by atoms with Gasteiger partial charge in [0.2, 0.25) is 0 Å². The molecule has 0 N–H and O–H groups in total. The van der Waals surface area contributed by atoms with E-state index in [2.05, 4.69) is 5.92 Å². The van der Waals surface area contributed by atoms with Crippen molar-refractivity contribution in [3.63, 3.8) is 0 Å². The Labute approximate surface area is 262 Å². The predicted octanol–water partition coefficient (Wildman–Crippen LogP) is 5.33. The van der Waals surface area contributed by atoms with Gasteiger partial charge in [0.1, 0.15) is 6.61 Å². The van der Waals surface area contributed by atoms with Gasteiger partial charge >= 0.3 is 5.97 Å². The van der Waals surface area contributed by atoms with Gasteiger partial charge in [-0.2, -0.15) is 0 Å². The lowest BCUT2D eigenvalue weighted by atomic mass is 9.93. The van der Waals surface area contributed by atoms with Gasteiger partial charge in [-0.25, -0.2) is 9.79 Å². The number of methoxy groups -OCH3 is 1. The second kappa shape index (κ2) is 13.4. The minimum atomic E-state index is -0.763. The molecule has 2 heterocycles. The van der Waals surface area contributed by atoms with E-state index in [1.54, 1.807) is 41.5 Å². The highest BCUT2D eigenvalue weighted by atomic mass is 35.5. The van der Waals surface area contributed by atoms with Crippen molar-refractivity contribution in [1.82, 2.24) is 4.57 Å². The average Bonchev–Trinajstić information content (AvgIpc) is 3.34. The van der Waals surface area contributed by atoms with Gasteiger partial charge in [-0.05, 0) is 54.6 Å². The number of hydrogen-bond acceptors (Lipinski definition) is 8. The van der Waals surface area contributed by atoms with Gasteiger partial charge in [-0.15, -0.1) is 18.2 Å². The molecule has 4 aromatic rings. The van der Waals surface area contributed by atoms with Crippen LogP contribution in [-0.2, 0) is 9.53 Å². The van der Waals surface area contributed by atoms with Crippen LogP contribution in [0.1, 0.15) is 29.7 Å². The molecule has 0 spiro atoms. The van der Waals surface area contributed by atoms with E-state index >= 15 is 0 Å². The first-order valence-electron chi connectivity index (χ1n) is 13.3. The smallest absolute Gasteiger partial charge is 0.338 e. The summed E-state index contributed by atoms with van der Waals surface area (Å²) in [7, 11) is 1.50. The molecule has 0 bridgehead atoms. The summed E-state index contributed by atoms with van der Waals surface area (Å²) in [5.74, 6) is 2.58. The third kappa shape index (κ3) is 6.13. The first-order chi connectivity index (χ1) is 20.9. The molecular formula is C33H27ClN2O5S2. The Morgan fingerprint density at radius 1 is 1.19 bits per heavy atom. The van der Waals surface area contributed by atoms with E-state index in [9.17, 15) is 9.59 Å². The van der Waals surface area contributed by atoms with Gasteiger partial charge in [0, 0.05) is 10.5 Å². The number of hydrogen-bond donors (Lipinski definition) is 0. The van der Waals surface area contributed by atoms with Gasteiger partial charge in [0.15, 0.2) is 16.3 Å². The Morgan fingerprint density at radius 3 is 2.58 bits per heavy atom. The zero-order valence-electron chi connectivity index (χ0n) is 23.6. The molecule has 10 heteroatoms. The summed E-state index contributed by atoms with van der Waals surface area (Å²) in [6.45, 7) is 1.95. The van der Waals surface area contributed by atoms with Crippen LogP contribution >= 0.6 is 34.7 Å². The number of terminal acetylenes is 1. The first-order valence-corrected chi connectivity index (χ1v) is 15.7. The molecule has 0 saturated carbocycles. The van der Waals surface area contributed by atoms with E-state index in [0.717, 1.165) is 16.0 Å². The molecule has 1 aliphatic rings. The van der Waals surface area contributed by atoms with Crippen molar-refractivity contribution < 1.29 is 19.0 Å². The topological polar surface area (TPSA) is 79.1 Å². The Hall–Kier alpha value is -4.23. The van der Waals surface area contributed by atoms with Crippen molar-refractivity contribution in [2.24, 2.45) is 4.99 Å². The van der Waals surface area contributed by atoms with Crippen LogP contribution in [-0.4, -0.2) is 37.1 Å². The molecule has 7 nitrogen and oxygen atoms in total. The number of rotatable bonds is 9. The second-order valence-electron chi connectivity index (χ2n) is 9.23. The van der Waals surface area contributed by atoms with Crippen LogP contribution in [0.2, 0.25) is 5.02 Å². The number of benzene rings is 3. The van der Waals surface area contributed by atoms with Crippen molar-refractivity contribution in [3.05, 3.63) is 114 Å². The first kappa shape index (κ1) is 30.2. The number of esters is 1. The fourth-order valence-corrected chi connectivity index (χ4v) is 6.45. The molecule has 3 aromatic carbocycles. The number of thiazole rings is 1. The van der Waals surface area contributed by atoms with Crippen molar-refractivity contribution in [2.45, 2.75) is 17.9 Å². The van der Waals surface area contributed by atoms with Crippen LogP contribution in [0.5, 0.6) is 11.5 Å². The molecule has 0 saturated heterocycles. The van der Waals surface area contributed by atoms with Gasteiger partial charge in [-0.1, -0.05) is 71.3 Å². The largest absolute Gasteiger partial charge is 0.493 e. The van der Waals surface area contributed by atoms with Crippen molar-refractivity contribution in [1.29, 1.82) is 0 Å². The quantitative estimate of drug-likeness (QED) is 0.141. The van der Waals surface area contributed by atoms with E-state index in [1.165, 1.54) is 18.4 Å². The van der Waals surface area contributed by atoms with Gasteiger partial charge < -0.3 is 14.2 Å². The SMILES string of the molecule is C#CCOc1c(Cl)cc(/C=c2\sc3n(c2=O)[C@@H](c2ccc(SC)cc2)C(C(=O)OCC)=C(c2ccccc2)N=3)cc1OC. The Balaban J connectivity index is 1.77. The molecule has 1 aliphatic heterocycles. The van der Waals surface area contributed by atoms with Crippen LogP contribution in [0.25, 0.3) is 11.8 Å². The van der Waals surface area contributed by atoms with Gasteiger partial charge in [0.25, 0.3) is 5.56 Å². The number of halogens is 1. The third-order valence-electron chi connectivity index (χ3n) is 6.65. The minimum absolute atomic E-state index is 0.0263. The zero-order chi connectivity index (χ0) is 30.5. The van der Waals surface area contributed by atoms with E-state index in [0.29, 0.717) is 37.7 Å². The van der Waals surface area contributed by atoms with Crippen LogP contribution in [0.4, 0.5) is 0 Å². The predicted molar refractivity (Wildman–Crippen MR) is 172 cm³/mol. The molecule has 0 unspecified atom stereocenters. The standard InChI is InChI=1S/C33H27ClN2O5S2/c1-5-16-41-30-24(34)17-20(18-25(30)39-3)19-26-31(37)36-29(22-12-14-23(42-4)15-13-22)27(32(38)40-6-2)28(35-33(36)43-26)21-10-8-7-9-11-21/h1,7-15,17-19,29H,6,16H2,2-4H3/b26-19-/t29-/m0/s1. The number of aromatic nitrogens is 1.